The second kappa shape index (κ2) is 7.09. The summed E-state index contributed by atoms with van der Waals surface area (Å²) in [6.45, 7) is 8.24. The van der Waals surface area contributed by atoms with Crippen LogP contribution in [0.3, 0.4) is 0 Å². The van der Waals surface area contributed by atoms with Crippen molar-refractivity contribution >= 4 is 15.7 Å². The smallest absolute Gasteiger partial charge is 0.243 e. The first-order chi connectivity index (χ1) is 9.32. The largest absolute Gasteiger partial charge is 0.398 e. The maximum atomic E-state index is 12.8. The molecule has 0 aliphatic heterocycles. The molecule has 0 saturated heterocycles. The van der Waals surface area contributed by atoms with Crippen LogP contribution in [0.1, 0.15) is 45.6 Å². The van der Waals surface area contributed by atoms with Crippen LogP contribution < -0.4 is 5.73 Å². The van der Waals surface area contributed by atoms with Crippen molar-refractivity contribution < 1.29 is 8.42 Å². The Labute approximate surface area is 123 Å². The molecule has 0 radical (unpaired) electrons. The summed E-state index contributed by atoms with van der Waals surface area (Å²) in [6.07, 6.45) is 2.99. The fourth-order valence-electron chi connectivity index (χ4n) is 2.21. The van der Waals surface area contributed by atoms with E-state index in [4.69, 9.17) is 5.73 Å². The summed E-state index contributed by atoms with van der Waals surface area (Å²) in [6, 6.07) is 5.00. The normalized spacial score (nSPS) is 12.3. The molecule has 5 heteroatoms. The number of unbranched alkanes of at least 4 members (excludes halogenated alkanes) is 2. The van der Waals surface area contributed by atoms with E-state index >= 15 is 0 Å². The Morgan fingerprint density at radius 2 is 1.90 bits per heavy atom. The zero-order valence-electron chi connectivity index (χ0n) is 12.9. The van der Waals surface area contributed by atoms with E-state index in [1.165, 1.54) is 0 Å². The fraction of sp³-hybridized carbons (Fsp3) is 0.600. The Kier molecular flexibility index (Phi) is 6.02. The van der Waals surface area contributed by atoms with Crippen molar-refractivity contribution in [2.24, 2.45) is 0 Å². The Balaban J connectivity index is 3.13. The van der Waals surface area contributed by atoms with Gasteiger partial charge in [-0.05, 0) is 44.9 Å². The molecule has 0 aliphatic rings. The zero-order chi connectivity index (χ0) is 15.3. The summed E-state index contributed by atoms with van der Waals surface area (Å²) in [5.74, 6) is 0. The highest BCUT2D eigenvalue weighted by atomic mass is 32.2. The summed E-state index contributed by atoms with van der Waals surface area (Å²) >= 11 is 0. The highest BCUT2D eigenvalue weighted by Crippen LogP contribution is 2.25. The van der Waals surface area contributed by atoms with Gasteiger partial charge in [-0.2, -0.15) is 4.31 Å². The second-order valence-corrected chi connectivity index (χ2v) is 7.25. The van der Waals surface area contributed by atoms with Crippen molar-refractivity contribution in [1.82, 2.24) is 4.31 Å². The van der Waals surface area contributed by atoms with E-state index in [9.17, 15) is 8.42 Å². The standard InChI is InChI=1S/C15H26N2O2S/c1-5-6-7-11-17(12(2)3)20(18,19)15-10-8-9-14(16)13(15)4/h8-10,12H,5-7,11,16H2,1-4H3. The van der Waals surface area contributed by atoms with Crippen LogP contribution in [0.15, 0.2) is 23.1 Å². The number of nitrogen functional groups attached to an aromatic ring is 1. The predicted molar refractivity (Wildman–Crippen MR) is 84.1 cm³/mol. The third-order valence-corrected chi connectivity index (χ3v) is 5.69. The van der Waals surface area contributed by atoms with Crippen molar-refractivity contribution in [2.75, 3.05) is 12.3 Å². The van der Waals surface area contributed by atoms with Gasteiger partial charge < -0.3 is 5.73 Å². The maximum Gasteiger partial charge on any atom is 0.243 e. The third-order valence-electron chi connectivity index (χ3n) is 3.47. The fourth-order valence-corrected chi connectivity index (χ4v) is 4.14. The average Bonchev–Trinajstić information content (AvgIpc) is 2.37. The third kappa shape index (κ3) is 3.73. The van der Waals surface area contributed by atoms with Crippen LogP contribution in [0, 0.1) is 6.92 Å². The highest BCUT2D eigenvalue weighted by Gasteiger charge is 2.28. The number of anilines is 1. The molecule has 0 aliphatic carbocycles. The monoisotopic (exact) mass is 298 g/mol. The molecule has 4 nitrogen and oxygen atoms in total. The van der Waals surface area contributed by atoms with E-state index in [1.54, 1.807) is 29.4 Å². The lowest BCUT2D eigenvalue weighted by Crippen LogP contribution is -2.38. The minimum Gasteiger partial charge on any atom is -0.398 e. The first-order valence-electron chi connectivity index (χ1n) is 7.19. The molecule has 0 aromatic heterocycles. The van der Waals surface area contributed by atoms with Gasteiger partial charge in [0, 0.05) is 18.3 Å². The van der Waals surface area contributed by atoms with Gasteiger partial charge in [-0.15, -0.1) is 0 Å². The van der Waals surface area contributed by atoms with E-state index in [-0.39, 0.29) is 6.04 Å². The Morgan fingerprint density at radius 3 is 2.45 bits per heavy atom. The number of sulfonamides is 1. The minimum absolute atomic E-state index is 0.0577. The second-order valence-electron chi connectivity index (χ2n) is 5.39. The molecule has 20 heavy (non-hydrogen) atoms. The van der Waals surface area contributed by atoms with Crippen LogP contribution in [0.2, 0.25) is 0 Å². The summed E-state index contributed by atoms with van der Waals surface area (Å²) in [4.78, 5) is 0.322. The molecule has 1 aromatic rings. The Bertz CT molecular complexity index is 539. The summed E-state index contributed by atoms with van der Waals surface area (Å²) in [5, 5.41) is 0. The molecule has 114 valence electrons. The van der Waals surface area contributed by atoms with Crippen LogP contribution in [0.4, 0.5) is 5.69 Å². The predicted octanol–water partition coefficient (Wildman–Crippen LogP) is 3.17. The van der Waals surface area contributed by atoms with E-state index in [0.29, 0.717) is 22.7 Å². The molecule has 2 N–H and O–H groups in total. The van der Waals surface area contributed by atoms with Crippen molar-refractivity contribution in [3.8, 4) is 0 Å². The number of rotatable bonds is 7. The molecular weight excluding hydrogens is 272 g/mol. The van der Waals surface area contributed by atoms with Crippen molar-refractivity contribution in [3.63, 3.8) is 0 Å². The van der Waals surface area contributed by atoms with Crippen LogP contribution in [-0.2, 0) is 10.0 Å². The van der Waals surface area contributed by atoms with Gasteiger partial charge in [-0.3, -0.25) is 0 Å². The summed E-state index contributed by atoms with van der Waals surface area (Å²) in [5.41, 5.74) is 6.98. The minimum atomic E-state index is -3.48. The van der Waals surface area contributed by atoms with Gasteiger partial charge in [0.15, 0.2) is 0 Å². The molecule has 0 atom stereocenters. The zero-order valence-corrected chi connectivity index (χ0v) is 13.7. The van der Waals surface area contributed by atoms with Crippen LogP contribution >= 0.6 is 0 Å². The Hall–Kier alpha value is -1.07. The van der Waals surface area contributed by atoms with Gasteiger partial charge in [0.2, 0.25) is 10.0 Å². The molecule has 0 saturated carbocycles. The van der Waals surface area contributed by atoms with Gasteiger partial charge in [0.1, 0.15) is 0 Å². The average molecular weight is 298 g/mol. The lowest BCUT2D eigenvalue weighted by Gasteiger charge is -2.27. The van der Waals surface area contributed by atoms with Crippen molar-refractivity contribution in [3.05, 3.63) is 23.8 Å². The van der Waals surface area contributed by atoms with E-state index in [1.807, 2.05) is 13.8 Å². The van der Waals surface area contributed by atoms with E-state index < -0.39 is 10.0 Å². The molecule has 0 heterocycles. The molecule has 0 unspecified atom stereocenters. The van der Waals surface area contributed by atoms with Gasteiger partial charge >= 0.3 is 0 Å². The number of nitrogens with zero attached hydrogens (tertiary/aromatic N) is 1. The summed E-state index contributed by atoms with van der Waals surface area (Å²) < 4.78 is 27.2. The highest BCUT2D eigenvalue weighted by molar-refractivity contribution is 7.89. The van der Waals surface area contributed by atoms with E-state index in [2.05, 4.69) is 6.92 Å². The lowest BCUT2D eigenvalue weighted by molar-refractivity contribution is 0.345. The quantitative estimate of drug-likeness (QED) is 0.621. The summed E-state index contributed by atoms with van der Waals surface area (Å²) in [7, 11) is -3.48. The molecule has 0 spiro atoms. The van der Waals surface area contributed by atoms with Crippen molar-refractivity contribution in [2.45, 2.75) is 57.9 Å². The number of hydrogen-bond donors (Lipinski definition) is 1. The SMILES string of the molecule is CCCCCN(C(C)C)S(=O)(=O)c1cccc(N)c1C. The van der Waals surface area contributed by atoms with Crippen LogP contribution in [0.5, 0.6) is 0 Å². The molecular formula is C15H26N2O2S. The first-order valence-corrected chi connectivity index (χ1v) is 8.63. The van der Waals surface area contributed by atoms with Crippen LogP contribution in [0.25, 0.3) is 0 Å². The number of nitrogens with two attached hydrogens (primary N) is 1. The van der Waals surface area contributed by atoms with Crippen LogP contribution in [-0.4, -0.2) is 25.3 Å². The first kappa shape index (κ1) is 17.0. The van der Waals surface area contributed by atoms with Gasteiger partial charge in [-0.25, -0.2) is 8.42 Å². The van der Waals surface area contributed by atoms with E-state index in [0.717, 1.165) is 19.3 Å². The molecule has 0 fully saturated rings. The molecule has 0 amide bonds. The molecule has 0 bridgehead atoms. The van der Waals surface area contributed by atoms with Gasteiger partial charge in [-0.1, -0.05) is 25.8 Å². The number of hydrogen-bond acceptors (Lipinski definition) is 3. The number of benzene rings is 1. The van der Waals surface area contributed by atoms with Gasteiger partial charge in [0.25, 0.3) is 0 Å². The topological polar surface area (TPSA) is 63.4 Å². The molecule has 1 aromatic carbocycles. The van der Waals surface area contributed by atoms with Crippen molar-refractivity contribution in [1.29, 1.82) is 0 Å². The molecule has 1 rings (SSSR count). The Morgan fingerprint density at radius 1 is 1.25 bits per heavy atom. The van der Waals surface area contributed by atoms with Gasteiger partial charge in [0.05, 0.1) is 4.90 Å². The lowest BCUT2D eigenvalue weighted by atomic mass is 10.2. The maximum absolute atomic E-state index is 12.8.